The van der Waals surface area contributed by atoms with Crippen molar-refractivity contribution in [1.82, 2.24) is 10.6 Å². The molecule has 1 aromatic rings. The highest BCUT2D eigenvalue weighted by molar-refractivity contribution is 5.87. The van der Waals surface area contributed by atoms with Gasteiger partial charge in [-0.3, -0.25) is 4.79 Å². The van der Waals surface area contributed by atoms with Gasteiger partial charge < -0.3 is 15.4 Å². The Kier molecular flexibility index (Phi) is 11.2. The number of hydrogen-bond acceptors (Lipinski definition) is 4. The zero-order valence-corrected chi connectivity index (χ0v) is 22.9. The summed E-state index contributed by atoms with van der Waals surface area (Å²) in [5.74, 6) is 0.00790. The summed E-state index contributed by atoms with van der Waals surface area (Å²) in [5, 5.41) is 6.51. The van der Waals surface area contributed by atoms with Crippen LogP contribution in [0.1, 0.15) is 67.9 Å². The maximum absolute atomic E-state index is 13.5. The molecule has 0 aliphatic rings. The van der Waals surface area contributed by atoms with Crippen LogP contribution in [-0.4, -0.2) is 37.6 Å². The van der Waals surface area contributed by atoms with Crippen LogP contribution in [0.15, 0.2) is 54.1 Å². The standard InChI is InChI=1S/C29H46N2O3/c1-11-34-27(33)21(4)19-22(20(2)3)17-18-24(28(5,6)7)31-26(32)25(30-10)29(8,9)23-15-13-12-14-16-23/h12-20,22,24-25,30H,11H2,1-10H3,(H,31,32)/b18-17+,21-19+/t22?,24-,25-/m1/s1. The number of allylic oxidation sites excluding steroid dienone is 2. The van der Waals surface area contributed by atoms with Gasteiger partial charge in [-0.15, -0.1) is 0 Å². The summed E-state index contributed by atoms with van der Waals surface area (Å²) in [7, 11) is 1.83. The number of likely N-dealkylation sites (N-methyl/N-ethyl adjacent to an activating group) is 1. The van der Waals surface area contributed by atoms with Crippen molar-refractivity contribution in [3.8, 4) is 0 Å². The summed E-state index contributed by atoms with van der Waals surface area (Å²) in [6.45, 7) is 18.7. The highest BCUT2D eigenvalue weighted by Crippen LogP contribution is 2.29. The molecule has 1 aromatic carbocycles. The Morgan fingerprint density at radius 1 is 1.03 bits per heavy atom. The second-order valence-electron chi connectivity index (χ2n) is 10.9. The molecule has 0 heterocycles. The van der Waals surface area contributed by atoms with Gasteiger partial charge >= 0.3 is 5.97 Å². The second kappa shape index (κ2) is 12.9. The van der Waals surface area contributed by atoms with E-state index in [0.717, 1.165) is 5.56 Å². The fourth-order valence-electron chi connectivity index (χ4n) is 3.96. The molecule has 0 saturated carbocycles. The van der Waals surface area contributed by atoms with E-state index in [1.165, 1.54) is 0 Å². The molecule has 0 aromatic heterocycles. The van der Waals surface area contributed by atoms with Gasteiger partial charge in [-0.25, -0.2) is 4.79 Å². The van der Waals surface area contributed by atoms with Gasteiger partial charge in [0.05, 0.1) is 18.7 Å². The summed E-state index contributed by atoms with van der Waals surface area (Å²) in [6.07, 6.45) is 6.12. The SMILES string of the molecule is CCOC(=O)/C(C)=C/C(/C=C/[C@@H](NC(=O)[C@@H](NC)C(C)(C)c1ccccc1)C(C)(C)C)C(C)C. The van der Waals surface area contributed by atoms with Crippen LogP contribution < -0.4 is 10.6 Å². The maximum Gasteiger partial charge on any atom is 0.333 e. The number of nitrogens with one attached hydrogen (secondary N) is 2. The number of carbonyl (C=O) groups is 2. The number of rotatable bonds is 11. The Hall–Kier alpha value is -2.40. The largest absolute Gasteiger partial charge is 0.463 e. The van der Waals surface area contributed by atoms with Gasteiger partial charge in [0.2, 0.25) is 5.91 Å². The molecule has 1 rings (SSSR count). The second-order valence-corrected chi connectivity index (χ2v) is 10.9. The minimum absolute atomic E-state index is 0.0414. The van der Waals surface area contributed by atoms with E-state index in [0.29, 0.717) is 18.1 Å². The highest BCUT2D eigenvalue weighted by Gasteiger charge is 2.37. The molecule has 0 saturated heterocycles. The van der Waals surface area contributed by atoms with E-state index in [4.69, 9.17) is 4.74 Å². The molecule has 190 valence electrons. The zero-order chi connectivity index (χ0) is 26.1. The van der Waals surface area contributed by atoms with Crippen molar-refractivity contribution in [2.75, 3.05) is 13.7 Å². The Balaban J connectivity index is 3.17. The van der Waals surface area contributed by atoms with E-state index >= 15 is 0 Å². The Bertz CT molecular complexity index is 848. The third-order valence-corrected chi connectivity index (χ3v) is 6.36. The summed E-state index contributed by atoms with van der Waals surface area (Å²) in [4.78, 5) is 25.6. The topological polar surface area (TPSA) is 67.4 Å². The van der Waals surface area contributed by atoms with E-state index < -0.39 is 11.5 Å². The average Bonchev–Trinajstić information content (AvgIpc) is 2.75. The van der Waals surface area contributed by atoms with Gasteiger partial charge in [-0.2, -0.15) is 0 Å². The van der Waals surface area contributed by atoms with Crippen molar-refractivity contribution < 1.29 is 14.3 Å². The van der Waals surface area contributed by atoms with Crippen molar-refractivity contribution in [2.24, 2.45) is 17.3 Å². The Labute approximate surface area is 207 Å². The van der Waals surface area contributed by atoms with Crippen LogP contribution >= 0.6 is 0 Å². The Morgan fingerprint density at radius 2 is 1.62 bits per heavy atom. The lowest BCUT2D eigenvalue weighted by molar-refractivity contribution is -0.138. The molecule has 0 aliphatic carbocycles. The number of benzene rings is 1. The minimum atomic E-state index is -0.403. The number of hydrogen-bond donors (Lipinski definition) is 2. The molecule has 3 atom stereocenters. The maximum atomic E-state index is 13.5. The summed E-state index contributed by atoms with van der Waals surface area (Å²) >= 11 is 0. The van der Waals surface area contributed by atoms with Gasteiger partial charge in [0.1, 0.15) is 0 Å². The van der Waals surface area contributed by atoms with Crippen molar-refractivity contribution in [3.05, 3.63) is 59.7 Å². The quantitative estimate of drug-likeness (QED) is 0.257. The molecule has 1 amide bonds. The van der Waals surface area contributed by atoms with Crippen LogP contribution in [0.25, 0.3) is 0 Å². The molecule has 0 bridgehead atoms. The first kappa shape index (κ1) is 29.6. The highest BCUT2D eigenvalue weighted by atomic mass is 16.5. The van der Waals surface area contributed by atoms with Crippen LogP contribution in [0.4, 0.5) is 0 Å². The molecule has 5 nitrogen and oxygen atoms in total. The molecule has 0 fully saturated rings. The smallest absolute Gasteiger partial charge is 0.333 e. The monoisotopic (exact) mass is 470 g/mol. The lowest BCUT2D eigenvalue weighted by Crippen LogP contribution is -2.56. The third kappa shape index (κ3) is 8.43. The number of amides is 1. The fourth-order valence-corrected chi connectivity index (χ4v) is 3.96. The van der Waals surface area contributed by atoms with E-state index in [-0.39, 0.29) is 29.3 Å². The van der Waals surface area contributed by atoms with E-state index in [1.54, 1.807) is 13.8 Å². The van der Waals surface area contributed by atoms with Crippen LogP contribution in [-0.2, 0) is 19.7 Å². The van der Waals surface area contributed by atoms with Gasteiger partial charge in [-0.05, 0) is 43.7 Å². The van der Waals surface area contributed by atoms with Crippen LogP contribution in [0.5, 0.6) is 0 Å². The third-order valence-electron chi connectivity index (χ3n) is 6.36. The predicted molar refractivity (Wildman–Crippen MR) is 142 cm³/mol. The first-order valence-corrected chi connectivity index (χ1v) is 12.3. The molecule has 0 spiro atoms. The molecule has 34 heavy (non-hydrogen) atoms. The first-order chi connectivity index (χ1) is 15.7. The normalized spacial score (nSPS) is 15.8. The first-order valence-electron chi connectivity index (χ1n) is 12.3. The molecule has 0 aliphatic heterocycles. The van der Waals surface area contributed by atoms with Crippen LogP contribution in [0.2, 0.25) is 0 Å². The molecular formula is C29H46N2O3. The van der Waals surface area contributed by atoms with Gasteiger partial charge in [0.15, 0.2) is 0 Å². The molecule has 1 unspecified atom stereocenters. The summed E-state index contributed by atoms with van der Waals surface area (Å²) in [5.41, 5.74) is 1.11. The average molecular weight is 471 g/mol. The number of esters is 1. The van der Waals surface area contributed by atoms with E-state index in [2.05, 4.69) is 83.4 Å². The van der Waals surface area contributed by atoms with E-state index in [1.807, 2.05) is 31.3 Å². The predicted octanol–water partition coefficient (Wildman–Crippen LogP) is 5.42. The van der Waals surface area contributed by atoms with Gasteiger partial charge in [-0.1, -0.05) is 97.0 Å². The number of carbonyl (C=O) groups excluding carboxylic acids is 2. The van der Waals surface area contributed by atoms with Gasteiger partial charge in [0.25, 0.3) is 0 Å². The van der Waals surface area contributed by atoms with Gasteiger partial charge in [0, 0.05) is 11.0 Å². The van der Waals surface area contributed by atoms with Crippen molar-refractivity contribution in [3.63, 3.8) is 0 Å². The summed E-state index contributed by atoms with van der Waals surface area (Å²) in [6, 6.07) is 9.52. The lowest BCUT2D eigenvalue weighted by Gasteiger charge is -2.37. The lowest BCUT2D eigenvalue weighted by atomic mass is 9.76. The molecule has 5 heteroatoms. The number of ether oxygens (including phenoxy) is 1. The van der Waals surface area contributed by atoms with E-state index in [9.17, 15) is 9.59 Å². The molecule has 2 N–H and O–H groups in total. The summed E-state index contributed by atoms with van der Waals surface area (Å²) < 4.78 is 5.13. The molecular weight excluding hydrogens is 424 g/mol. The van der Waals surface area contributed by atoms with Crippen LogP contribution in [0, 0.1) is 17.3 Å². The minimum Gasteiger partial charge on any atom is -0.463 e. The van der Waals surface area contributed by atoms with Crippen molar-refractivity contribution >= 4 is 11.9 Å². The van der Waals surface area contributed by atoms with Crippen molar-refractivity contribution in [1.29, 1.82) is 0 Å². The fraction of sp³-hybridized carbons (Fsp3) is 0.586. The van der Waals surface area contributed by atoms with Crippen molar-refractivity contribution in [2.45, 2.75) is 79.8 Å². The molecule has 0 radical (unpaired) electrons. The zero-order valence-electron chi connectivity index (χ0n) is 22.9. The van der Waals surface area contributed by atoms with Crippen LogP contribution in [0.3, 0.4) is 0 Å². The Morgan fingerprint density at radius 3 is 2.09 bits per heavy atom.